The Kier molecular flexibility index (Phi) is 4.85. The van der Waals surface area contributed by atoms with Crippen LogP contribution in [0.15, 0.2) is 53.9 Å². The maximum atomic E-state index is 12.1. The van der Waals surface area contributed by atoms with Gasteiger partial charge >= 0.3 is 5.97 Å². The van der Waals surface area contributed by atoms with Gasteiger partial charge in [-0.2, -0.15) is 0 Å². The molecule has 25 heavy (non-hydrogen) atoms. The maximum Gasteiger partial charge on any atom is 0.345 e. The summed E-state index contributed by atoms with van der Waals surface area (Å²) in [6.07, 6.45) is 0. The molecule has 3 rings (SSSR count). The van der Waals surface area contributed by atoms with E-state index in [0.717, 1.165) is 10.6 Å². The Morgan fingerprint density at radius 1 is 1.20 bits per heavy atom. The van der Waals surface area contributed by atoms with Gasteiger partial charge in [-0.15, -0.1) is 11.3 Å². The van der Waals surface area contributed by atoms with E-state index in [-0.39, 0.29) is 17.9 Å². The number of esters is 1. The van der Waals surface area contributed by atoms with Gasteiger partial charge in [0.2, 0.25) is 0 Å². The molecular formula is C18H14N2O4S. The highest BCUT2D eigenvalue weighted by atomic mass is 32.1. The summed E-state index contributed by atoms with van der Waals surface area (Å²) in [6.45, 7) is 1.98. The van der Waals surface area contributed by atoms with E-state index in [9.17, 15) is 14.9 Å². The Hall–Kier alpha value is -3.06. The molecule has 0 saturated carbocycles. The van der Waals surface area contributed by atoms with E-state index in [1.807, 2.05) is 36.6 Å². The van der Waals surface area contributed by atoms with Gasteiger partial charge in [-0.05, 0) is 13.0 Å². The SMILES string of the molecule is Cc1ccc(-c2nc(COC(=O)c3ccccc3[N+](=O)[O-])cs2)cc1. The van der Waals surface area contributed by atoms with E-state index in [0.29, 0.717) is 5.69 Å². The van der Waals surface area contributed by atoms with E-state index in [2.05, 4.69) is 4.98 Å². The van der Waals surface area contributed by atoms with E-state index in [1.54, 1.807) is 6.07 Å². The number of hydrogen-bond acceptors (Lipinski definition) is 6. The second kappa shape index (κ2) is 7.23. The smallest absolute Gasteiger partial charge is 0.345 e. The van der Waals surface area contributed by atoms with E-state index < -0.39 is 10.9 Å². The summed E-state index contributed by atoms with van der Waals surface area (Å²) in [5.74, 6) is -0.739. The average Bonchev–Trinajstić information content (AvgIpc) is 3.09. The van der Waals surface area contributed by atoms with Crippen LogP contribution in [-0.2, 0) is 11.3 Å². The van der Waals surface area contributed by atoms with Crippen LogP contribution in [0.4, 0.5) is 5.69 Å². The lowest BCUT2D eigenvalue weighted by Gasteiger charge is -2.03. The molecule has 6 nitrogen and oxygen atoms in total. The third-order valence-electron chi connectivity index (χ3n) is 3.52. The Bertz CT molecular complexity index is 919. The highest BCUT2D eigenvalue weighted by molar-refractivity contribution is 7.13. The number of nitro groups is 1. The fourth-order valence-corrected chi connectivity index (χ4v) is 3.04. The predicted molar refractivity (Wildman–Crippen MR) is 94.5 cm³/mol. The van der Waals surface area contributed by atoms with Crippen LogP contribution in [0, 0.1) is 17.0 Å². The zero-order valence-corrected chi connectivity index (χ0v) is 14.2. The molecule has 1 heterocycles. The molecule has 0 aliphatic heterocycles. The van der Waals surface area contributed by atoms with E-state index in [1.165, 1.54) is 35.1 Å². The van der Waals surface area contributed by atoms with Crippen molar-refractivity contribution in [3.63, 3.8) is 0 Å². The first-order valence-corrected chi connectivity index (χ1v) is 8.34. The first-order chi connectivity index (χ1) is 12.0. The van der Waals surface area contributed by atoms with Crippen LogP contribution in [0.25, 0.3) is 10.6 Å². The van der Waals surface area contributed by atoms with Gasteiger partial charge in [-0.25, -0.2) is 9.78 Å². The second-order valence-corrected chi connectivity index (χ2v) is 6.22. The topological polar surface area (TPSA) is 82.3 Å². The summed E-state index contributed by atoms with van der Waals surface area (Å²) in [5.41, 5.74) is 2.42. The van der Waals surface area contributed by atoms with Crippen LogP contribution in [0.3, 0.4) is 0 Å². The predicted octanol–water partition coefficient (Wildman–Crippen LogP) is 4.38. The lowest BCUT2D eigenvalue weighted by atomic mass is 10.2. The van der Waals surface area contributed by atoms with Crippen molar-refractivity contribution in [2.24, 2.45) is 0 Å². The largest absolute Gasteiger partial charge is 0.455 e. The summed E-state index contributed by atoms with van der Waals surface area (Å²) in [4.78, 5) is 26.9. The number of carbonyl (C=O) groups is 1. The third kappa shape index (κ3) is 3.89. The van der Waals surface area contributed by atoms with Gasteiger partial charge in [0.25, 0.3) is 5.69 Å². The van der Waals surface area contributed by atoms with Crippen molar-refractivity contribution >= 4 is 23.0 Å². The quantitative estimate of drug-likeness (QED) is 0.386. The van der Waals surface area contributed by atoms with Crippen molar-refractivity contribution in [1.29, 1.82) is 0 Å². The number of carbonyl (C=O) groups excluding carboxylic acids is 1. The summed E-state index contributed by atoms with van der Waals surface area (Å²) in [5, 5.41) is 13.6. The Balaban J connectivity index is 1.69. The Morgan fingerprint density at radius 3 is 2.64 bits per heavy atom. The highest BCUT2D eigenvalue weighted by Crippen LogP contribution is 2.25. The van der Waals surface area contributed by atoms with Gasteiger partial charge in [-0.1, -0.05) is 42.0 Å². The Labute approximate surface area is 147 Å². The summed E-state index contributed by atoms with van der Waals surface area (Å²) in [6, 6.07) is 13.7. The minimum atomic E-state index is -0.739. The average molecular weight is 354 g/mol. The zero-order chi connectivity index (χ0) is 17.8. The normalized spacial score (nSPS) is 10.4. The number of benzene rings is 2. The molecule has 7 heteroatoms. The number of hydrogen-bond donors (Lipinski definition) is 0. The zero-order valence-electron chi connectivity index (χ0n) is 13.3. The minimum Gasteiger partial charge on any atom is -0.455 e. The van der Waals surface area contributed by atoms with Crippen molar-refractivity contribution < 1.29 is 14.5 Å². The van der Waals surface area contributed by atoms with Crippen LogP contribution in [-0.4, -0.2) is 15.9 Å². The Morgan fingerprint density at radius 2 is 1.92 bits per heavy atom. The van der Waals surface area contributed by atoms with Crippen molar-refractivity contribution in [3.05, 3.63) is 80.8 Å². The second-order valence-electron chi connectivity index (χ2n) is 5.36. The van der Waals surface area contributed by atoms with E-state index in [4.69, 9.17) is 4.74 Å². The maximum absolute atomic E-state index is 12.1. The van der Waals surface area contributed by atoms with Crippen molar-refractivity contribution in [2.45, 2.75) is 13.5 Å². The van der Waals surface area contributed by atoms with Crippen LogP contribution in [0.2, 0.25) is 0 Å². The lowest BCUT2D eigenvalue weighted by Crippen LogP contribution is -2.08. The number of aromatic nitrogens is 1. The van der Waals surface area contributed by atoms with Gasteiger partial charge in [0.1, 0.15) is 17.2 Å². The number of ether oxygens (including phenoxy) is 1. The molecule has 0 radical (unpaired) electrons. The van der Waals surface area contributed by atoms with Gasteiger partial charge < -0.3 is 4.74 Å². The lowest BCUT2D eigenvalue weighted by molar-refractivity contribution is -0.385. The van der Waals surface area contributed by atoms with Gasteiger partial charge in [0.05, 0.1) is 10.6 Å². The number of nitrogens with zero attached hydrogens (tertiary/aromatic N) is 2. The summed E-state index contributed by atoms with van der Waals surface area (Å²) in [7, 11) is 0. The van der Waals surface area contributed by atoms with Gasteiger partial charge in [0, 0.05) is 17.0 Å². The molecular weight excluding hydrogens is 340 g/mol. The number of nitro benzene ring substituents is 1. The molecule has 0 saturated heterocycles. The molecule has 3 aromatic rings. The molecule has 0 fully saturated rings. The van der Waals surface area contributed by atoms with Crippen molar-refractivity contribution in [3.8, 4) is 10.6 Å². The molecule has 0 aliphatic rings. The third-order valence-corrected chi connectivity index (χ3v) is 4.46. The molecule has 0 bridgehead atoms. The summed E-state index contributed by atoms with van der Waals surface area (Å²) >= 11 is 1.45. The van der Waals surface area contributed by atoms with Crippen LogP contribution in [0.1, 0.15) is 21.6 Å². The number of para-hydroxylation sites is 1. The molecule has 0 unspecified atom stereocenters. The standard InChI is InChI=1S/C18H14N2O4S/c1-12-6-8-13(9-7-12)17-19-14(11-25-17)10-24-18(21)15-4-2-3-5-16(15)20(22)23/h2-9,11H,10H2,1H3. The molecule has 2 aromatic carbocycles. The fraction of sp³-hybridized carbons (Fsp3) is 0.111. The number of thiazole rings is 1. The summed E-state index contributed by atoms with van der Waals surface area (Å²) < 4.78 is 5.17. The minimum absolute atomic E-state index is 0.0345. The van der Waals surface area contributed by atoms with Gasteiger partial charge in [0.15, 0.2) is 0 Å². The number of rotatable bonds is 5. The monoisotopic (exact) mass is 354 g/mol. The van der Waals surface area contributed by atoms with Gasteiger partial charge in [-0.3, -0.25) is 10.1 Å². The van der Waals surface area contributed by atoms with E-state index >= 15 is 0 Å². The highest BCUT2D eigenvalue weighted by Gasteiger charge is 2.20. The van der Waals surface area contributed by atoms with Crippen molar-refractivity contribution in [1.82, 2.24) is 4.98 Å². The first kappa shape index (κ1) is 16.8. The molecule has 0 amide bonds. The molecule has 0 atom stereocenters. The fourth-order valence-electron chi connectivity index (χ4n) is 2.22. The van der Waals surface area contributed by atoms with Crippen LogP contribution in [0.5, 0.6) is 0 Å². The molecule has 1 aromatic heterocycles. The van der Waals surface area contributed by atoms with Crippen molar-refractivity contribution in [2.75, 3.05) is 0 Å². The molecule has 0 spiro atoms. The van der Waals surface area contributed by atoms with Crippen LogP contribution < -0.4 is 0 Å². The molecule has 0 aliphatic carbocycles. The first-order valence-electron chi connectivity index (χ1n) is 7.46. The number of aryl methyl sites for hydroxylation is 1. The molecule has 126 valence electrons. The van der Waals surface area contributed by atoms with Crippen LogP contribution >= 0.6 is 11.3 Å². The molecule has 0 N–H and O–H groups in total.